The van der Waals surface area contributed by atoms with Crippen LogP contribution in [0.3, 0.4) is 0 Å². The third kappa shape index (κ3) is 2.84. The molecule has 0 fully saturated rings. The number of hydrogen-bond acceptors (Lipinski definition) is 2. The summed E-state index contributed by atoms with van der Waals surface area (Å²) in [4.78, 5) is 26.0. The number of aryl methyl sites for hydroxylation is 1. The monoisotopic (exact) mass is 309 g/mol. The average Bonchev–Trinajstić information content (AvgIpc) is 2.60. The van der Waals surface area contributed by atoms with Crippen LogP contribution in [0.15, 0.2) is 48.5 Å². The van der Waals surface area contributed by atoms with Crippen molar-refractivity contribution in [3.63, 3.8) is 0 Å². The fourth-order valence-corrected chi connectivity index (χ4v) is 3.10. The Morgan fingerprint density at radius 1 is 1.13 bits per heavy atom. The Morgan fingerprint density at radius 3 is 2.48 bits per heavy atom. The maximum Gasteiger partial charge on any atom is 0.331 e. The Labute approximate surface area is 135 Å². The van der Waals surface area contributed by atoms with E-state index in [1.165, 1.54) is 4.90 Å². The Morgan fingerprint density at radius 2 is 1.83 bits per heavy atom. The predicted octanol–water partition coefficient (Wildman–Crippen LogP) is 3.07. The first-order chi connectivity index (χ1) is 11.1. The molecule has 4 heteroatoms. The van der Waals surface area contributed by atoms with Gasteiger partial charge in [-0.2, -0.15) is 0 Å². The van der Waals surface area contributed by atoms with E-state index < -0.39 is 12.0 Å². The molecule has 1 N–H and O–H groups in total. The summed E-state index contributed by atoms with van der Waals surface area (Å²) in [6.45, 7) is 2.47. The molecule has 1 aliphatic heterocycles. The van der Waals surface area contributed by atoms with Gasteiger partial charge in [-0.15, -0.1) is 0 Å². The Balaban J connectivity index is 1.95. The maximum atomic E-state index is 12.8. The summed E-state index contributed by atoms with van der Waals surface area (Å²) in [7, 11) is 0. The molecule has 0 aliphatic carbocycles. The van der Waals surface area contributed by atoms with Crippen LogP contribution in [-0.4, -0.2) is 28.4 Å². The van der Waals surface area contributed by atoms with Crippen LogP contribution in [0, 0.1) is 0 Å². The second-order valence-electron chi connectivity index (χ2n) is 5.74. The quantitative estimate of drug-likeness (QED) is 0.948. The van der Waals surface area contributed by atoms with Crippen molar-refractivity contribution in [1.82, 2.24) is 4.90 Å². The molecule has 1 aliphatic rings. The van der Waals surface area contributed by atoms with Gasteiger partial charge in [0.2, 0.25) is 0 Å². The number of fused-ring (bicyclic) bond motifs is 1. The summed E-state index contributed by atoms with van der Waals surface area (Å²) in [6, 6.07) is 13.9. The Hall–Kier alpha value is -2.62. The van der Waals surface area contributed by atoms with E-state index in [1.807, 2.05) is 30.3 Å². The highest BCUT2D eigenvalue weighted by Crippen LogP contribution is 2.31. The first-order valence-corrected chi connectivity index (χ1v) is 7.82. The summed E-state index contributed by atoms with van der Waals surface area (Å²) in [6.07, 6.45) is 1.59. The molecule has 1 atom stereocenters. The predicted molar refractivity (Wildman–Crippen MR) is 87.4 cm³/mol. The van der Waals surface area contributed by atoms with Crippen LogP contribution < -0.4 is 0 Å². The van der Waals surface area contributed by atoms with E-state index in [9.17, 15) is 14.7 Å². The molecular weight excluding hydrogens is 290 g/mol. The van der Waals surface area contributed by atoms with E-state index >= 15 is 0 Å². The van der Waals surface area contributed by atoms with Gasteiger partial charge >= 0.3 is 5.97 Å². The molecule has 0 saturated carbocycles. The van der Waals surface area contributed by atoms with E-state index in [1.54, 1.807) is 18.2 Å². The normalized spacial score (nSPS) is 16.7. The number of hydrogen-bond donors (Lipinski definition) is 1. The minimum Gasteiger partial charge on any atom is -0.479 e. The summed E-state index contributed by atoms with van der Waals surface area (Å²) < 4.78 is 0. The molecule has 4 nitrogen and oxygen atoms in total. The maximum absolute atomic E-state index is 12.8. The second kappa shape index (κ2) is 6.24. The van der Waals surface area contributed by atoms with Crippen molar-refractivity contribution in [1.29, 1.82) is 0 Å². The first-order valence-electron chi connectivity index (χ1n) is 7.82. The van der Waals surface area contributed by atoms with Crippen molar-refractivity contribution in [3.8, 4) is 0 Å². The molecule has 0 spiro atoms. The zero-order valence-electron chi connectivity index (χ0n) is 13.0. The molecule has 0 saturated heterocycles. The Bertz CT molecular complexity index is 737. The molecule has 1 amide bonds. The lowest BCUT2D eigenvalue weighted by Crippen LogP contribution is -2.43. The highest BCUT2D eigenvalue weighted by Gasteiger charge is 2.36. The summed E-state index contributed by atoms with van der Waals surface area (Å²) >= 11 is 0. The standard InChI is InChI=1S/C19H19NO3/c1-2-13-7-9-15(10-8-13)18(21)20-12-11-14-5-3-4-6-16(14)17(20)19(22)23/h3-10,17H,2,11-12H2,1H3,(H,22,23). The lowest BCUT2D eigenvalue weighted by molar-refractivity contribution is -0.143. The number of aliphatic carboxylic acids is 1. The zero-order valence-corrected chi connectivity index (χ0v) is 13.0. The molecule has 0 bridgehead atoms. The van der Waals surface area contributed by atoms with Gasteiger partial charge in [0.05, 0.1) is 0 Å². The molecule has 1 unspecified atom stereocenters. The van der Waals surface area contributed by atoms with E-state index in [0.29, 0.717) is 24.1 Å². The summed E-state index contributed by atoms with van der Waals surface area (Å²) in [5.74, 6) is -1.22. The summed E-state index contributed by atoms with van der Waals surface area (Å²) in [5.41, 5.74) is 3.41. The van der Waals surface area contributed by atoms with Crippen molar-refractivity contribution in [2.75, 3.05) is 6.54 Å². The van der Waals surface area contributed by atoms with Crippen LogP contribution >= 0.6 is 0 Å². The molecular formula is C19H19NO3. The molecule has 118 valence electrons. The number of benzene rings is 2. The Kier molecular flexibility index (Phi) is 4.15. The van der Waals surface area contributed by atoms with Gasteiger partial charge in [0.1, 0.15) is 0 Å². The molecule has 2 aromatic rings. The van der Waals surface area contributed by atoms with E-state index in [2.05, 4.69) is 6.92 Å². The third-order valence-corrected chi connectivity index (χ3v) is 4.39. The fourth-order valence-electron chi connectivity index (χ4n) is 3.10. The van der Waals surface area contributed by atoms with Crippen LogP contribution in [-0.2, 0) is 17.6 Å². The largest absolute Gasteiger partial charge is 0.479 e. The number of rotatable bonds is 3. The third-order valence-electron chi connectivity index (χ3n) is 4.39. The van der Waals surface area contributed by atoms with E-state index in [-0.39, 0.29) is 5.91 Å². The van der Waals surface area contributed by atoms with Gasteiger partial charge in [0.25, 0.3) is 5.91 Å². The van der Waals surface area contributed by atoms with Gasteiger partial charge in [-0.25, -0.2) is 4.79 Å². The molecule has 3 rings (SSSR count). The topological polar surface area (TPSA) is 57.6 Å². The highest BCUT2D eigenvalue weighted by atomic mass is 16.4. The SMILES string of the molecule is CCc1ccc(C(=O)N2CCc3ccccc3C2C(=O)O)cc1. The number of nitrogens with zero attached hydrogens (tertiary/aromatic N) is 1. The van der Waals surface area contributed by atoms with Crippen LogP contribution in [0.4, 0.5) is 0 Å². The zero-order chi connectivity index (χ0) is 16.4. The van der Waals surface area contributed by atoms with Crippen molar-refractivity contribution >= 4 is 11.9 Å². The molecule has 1 heterocycles. The number of carboxylic acid groups (broad SMARTS) is 1. The summed E-state index contributed by atoms with van der Waals surface area (Å²) in [5, 5.41) is 9.64. The first kappa shape index (κ1) is 15.3. The van der Waals surface area contributed by atoms with Crippen LogP contribution in [0.1, 0.15) is 40.0 Å². The molecule has 2 aromatic carbocycles. The van der Waals surface area contributed by atoms with Crippen LogP contribution in [0.5, 0.6) is 0 Å². The number of carbonyl (C=O) groups excluding carboxylic acids is 1. The van der Waals surface area contributed by atoms with Gasteiger partial charge in [-0.05, 0) is 41.7 Å². The number of carbonyl (C=O) groups is 2. The molecule has 23 heavy (non-hydrogen) atoms. The van der Waals surface area contributed by atoms with Crippen molar-refractivity contribution in [2.24, 2.45) is 0 Å². The van der Waals surface area contributed by atoms with Crippen molar-refractivity contribution in [2.45, 2.75) is 25.8 Å². The van der Waals surface area contributed by atoms with Gasteiger partial charge < -0.3 is 10.0 Å². The average molecular weight is 309 g/mol. The minimum absolute atomic E-state index is 0.227. The smallest absolute Gasteiger partial charge is 0.331 e. The molecule has 0 radical (unpaired) electrons. The second-order valence-corrected chi connectivity index (χ2v) is 5.74. The number of amides is 1. The van der Waals surface area contributed by atoms with Crippen LogP contribution in [0.2, 0.25) is 0 Å². The van der Waals surface area contributed by atoms with Gasteiger partial charge in [-0.1, -0.05) is 43.3 Å². The number of carboxylic acids is 1. The van der Waals surface area contributed by atoms with Gasteiger partial charge in [0.15, 0.2) is 6.04 Å². The highest BCUT2D eigenvalue weighted by molar-refractivity contribution is 5.97. The lowest BCUT2D eigenvalue weighted by atomic mass is 9.92. The lowest BCUT2D eigenvalue weighted by Gasteiger charge is -2.34. The minimum atomic E-state index is -0.990. The van der Waals surface area contributed by atoms with E-state index in [0.717, 1.165) is 17.5 Å². The van der Waals surface area contributed by atoms with Crippen molar-refractivity contribution in [3.05, 3.63) is 70.8 Å². The van der Waals surface area contributed by atoms with Gasteiger partial charge in [0, 0.05) is 12.1 Å². The van der Waals surface area contributed by atoms with Crippen LogP contribution in [0.25, 0.3) is 0 Å². The van der Waals surface area contributed by atoms with Gasteiger partial charge in [-0.3, -0.25) is 4.79 Å². The van der Waals surface area contributed by atoms with E-state index in [4.69, 9.17) is 0 Å². The fraction of sp³-hybridized carbons (Fsp3) is 0.263. The van der Waals surface area contributed by atoms with Crippen molar-refractivity contribution < 1.29 is 14.7 Å². The molecule has 0 aromatic heterocycles.